The fourth-order valence-corrected chi connectivity index (χ4v) is 3.33. The second kappa shape index (κ2) is 6.09. The highest BCUT2D eigenvalue weighted by molar-refractivity contribution is 7.07. The summed E-state index contributed by atoms with van der Waals surface area (Å²) in [5.74, 6) is 0.129. The molecule has 1 aromatic heterocycles. The Morgan fingerprint density at radius 1 is 1.35 bits per heavy atom. The molecule has 0 saturated carbocycles. The van der Waals surface area contributed by atoms with Crippen LogP contribution in [0.1, 0.15) is 23.5 Å². The predicted molar refractivity (Wildman–Crippen MR) is 83.3 cm³/mol. The van der Waals surface area contributed by atoms with Gasteiger partial charge in [0.1, 0.15) is 0 Å². The number of anilines is 1. The van der Waals surface area contributed by atoms with Crippen LogP contribution in [-0.4, -0.2) is 19.0 Å². The Hall–Kier alpha value is -1.81. The van der Waals surface area contributed by atoms with Gasteiger partial charge in [-0.2, -0.15) is 11.3 Å². The van der Waals surface area contributed by atoms with Crippen LogP contribution in [-0.2, 0) is 11.2 Å². The normalized spacial score (nSPS) is 17.1. The third-order valence-corrected chi connectivity index (χ3v) is 4.43. The maximum Gasteiger partial charge on any atom is 0.227 e. The fourth-order valence-electron chi connectivity index (χ4n) is 2.63. The number of carbonyl (C=O) groups is 1. The minimum atomic E-state index is -0.0186. The molecule has 1 aliphatic heterocycles. The van der Waals surface area contributed by atoms with Gasteiger partial charge in [-0.3, -0.25) is 4.79 Å². The lowest BCUT2D eigenvalue weighted by molar-refractivity contribution is -0.122. The van der Waals surface area contributed by atoms with E-state index in [9.17, 15) is 4.79 Å². The summed E-state index contributed by atoms with van der Waals surface area (Å²) in [7, 11) is 0. The van der Waals surface area contributed by atoms with Crippen molar-refractivity contribution in [1.82, 2.24) is 5.32 Å². The zero-order valence-electron chi connectivity index (χ0n) is 11.3. The molecule has 104 valence electrons. The van der Waals surface area contributed by atoms with Gasteiger partial charge < -0.3 is 10.6 Å². The summed E-state index contributed by atoms with van der Waals surface area (Å²) in [4.78, 5) is 12.4. The lowest BCUT2D eigenvalue weighted by Gasteiger charge is -2.25. The van der Waals surface area contributed by atoms with Gasteiger partial charge in [-0.15, -0.1) is 0 Å². The van der Waals surface area contributed by atoms with Crippen LogP contribution < -0.4 is 10.6 Å². The van der Waals surface area contributed by atoms with Crippen molar-refractivity contribution in [2.75, 3.05) is 18.4 Å². The van der Waals surface area contributed by atoms with Gasteiger partial charge in [0.25, 0.3) is 0 Å². The largest absolute Gasteiger partial charge is 0.385 e. The predicted octanol–water partition coefficient (Wildman–Crippen LogP) is 3.01. The molecular formula is C16H18N2OS. The van der Waals surface area contributed by atoms with Crippen LogP contribution in [0.5, 0.6) is 0 Å². The molecule has 2 heterocycles. The molecule has 4 heteroatoms. The Bertz CT molecular complexity index is 580. The molecule has 1 aromatic carbocycles. The molecule has 1 unspecified atom stereocenters. The number of nitrogens with one attached hydrogen (secondary N) is 2. The third kappa shape index (κ3) is 2.85. The van der Waals surface area contributed by atoms with Gasteiger partial charge in [-0.1, -0.05) is 18.2 Å². The average molecular weight is 286 g/mol. The van der Waals surface area contributed by atoms with E-state index in [1.165, 1.54) is 5.56 Å². The van der Waals surface area contributed by atoms with Crippen LogP contribution >= 0.6 is 11.3 Å². The van der Waals surface area contributed by atoms with Gasteiger partial charge >= 0.3 is 0 Å². The molecule has 20 heavy (non-hydrogen) atoms. The number of amides is 1. The van der Waals surface area contributed by atoms with E-state index < -0.39 is 0 Å². The Balaban J connectivity index is 1.60. The van der Waals surface area contributed by atoms with Gasteiger partial charge in [-0.25, -0.2) is 0 Å². The van der Waals surface area contributed by atoms with Crippen LogP contribution in [0.15, 0.2) is 41.1 Å². The van der Waals surface area contributed by atoms with Crippen LogP contribution in [0, 0.1) is 0 Å². The highest BCUT2D eigenvalue weighted by Crippen LogP contribution is 2.31. The molecule has 2 N–H and O–H groups in total. The molecule has 2 aromatic rings. The number of fused-ring (bicyclic) bond motifs is 1. The van der Waals surface area contributed by atoms with Crippen molar-refractivity contribution in [3.05, 3.63) is 52.2 Å². The smallest absolute Gasteiger partial charge is 0.227 e. The van der Waals surface area contributed by atoms with Crippen LogP contribution in [0.4, 0.5) is 5.69 Å². The standard InChI is InChI=1S/C16H18N2OS/c19-16(18-8-5-12-7-10-20-11-12)14-6-9-17-15-4-2-1-3-13(14)15/h1-4,7,10-11,14,17H,5-6,8-9H2,(H,18,19). The molecule has 0 radical (unpaired) electrons. The van der Waals surface area contributed by atoms with Gasteiger partial charge in [0.2, 0.25) is 5.91 Å². The van der Waals surface area contributed by atoms with Crippen molar-refractivity contribution in [2.24, 2.45) is 0 Å². The number of hydrogen-bond donors (Lipinski definition) is 2. The quantitative estimate of drug-likeness (QED) is 0.907. The summed E-state index contributed by atoms with van der Waals surface area (Å²) in [6, 6.07) is 10.2. The number of para-hydroxylation sites is 1. The van der Waals surface area contributed by atoms with Gasteiger partial charge in [0, 0.05) is 18.8 Å². The number of carbonyl (C=O) groups excluding carboxylic acids is 1. The first-order valence-corrected chi connectivity index (χ1v) is 7.90. The van der Waals surface area contributed by atoms with E-state index in [4.69, 9.17) is 0 Å². The minimum Gasteiger partial charge on any atom is -0.385 e. The molecule has 3 rings (SSSR count). The van der Waals surface area contributed by atoms with Crippen molar-refractivity contribution in [3.8, 4) is 0 Å². The molecule has 3 nitrogen and oxygen atoms in total. The lowest BCUT2D eigenvalue weighted by Crippen LogP contribution is -2.34. The van der Waals surface area contributed by atoms with E-state index in [1.807, 2.05) is 24.3 Å². The number of benzene rings is 1. The van der Waals surface area contributed by atoms with E-state index >= 15 is 0 Å². The third-order valence-electron chi connectivity index (χ3n) is 3.69. The fraction of sp³-hybridized carbons (Fsp3) is 0.312. The molecule has 1 aliphatic rings. The van der Waals surface area contributed by atoms with E-state index in [2.05, 4.69) is 27.5 Å². The topological polar surface area (TPSA) is 41.1 Å². The van der Waals surface area contributed by atoms with E-state index in [1.54, 1.807) is 11.3 Å². The summed E-state index contributed by atoms with van der Waals surface area (Å²) < 4.78 is 0. The number of rotatable bonds is 4. The SMILES string of the molecule is O=C(NCCc1ccsc1)C1CCNc2ccccc21. The van der Waals surface area contributed by atoms with Crippen molar-refractivity contribution < 1.29 is 4.79 Å². The van der Waals surface area contributed by atoms with Crippen molar-refractivity contribution in [1.29, 1.82) is 0 Å². The Labute approximate surface area is 123 Å². The number of hydrogen-bond acceptors (Lipinski definition) is 3. The molecule has 0 fully saturated rings. The molecule has 0 aliphatic carbocycles. The van der Waals surface area contributed by atoms with Crippen LogP contribution in [0.2, 0.25) is 0 Å². The van der Waals surface area contributed by atoms with E-state index in [0.717, 1.165) is 30.6 Å². The zero-order chi connectivity index (χ0) is 13.8. The minimum absolute atomic E-state index is 0.0186. The molecular weight excluding hydrogens is 268 g/mol. The second-order valence-corrected chi connectivity index (χ2v) is 5.81. The van der Waals surface area contributed by atoms with Crippen molar-refractivity contribution in [2.45, 2.75) is 18.8 Å². The Morgan fingerprint density at radius 3 is 3.10 bits per heavy atom. The highest BCUT2D eigenvalue weighted by atomic mass is 32.1. The molecule has 1 amide bonds. The highest BCUT2D eigenvalue weighted by Gasteiger charge is 2.25. The summed E-state index contributed by atoms with van der Waals surface area (Å²) in [5, 5.41) is 10.6. The summed E-state index contributed by atoms with van der Waals surface area (Å²) in [6.45, 7) is 1.57. The zero-order valence-corrected chi connectivity index (χ0v) is 12.1. The second-order valence-electron chi connectivity index (χ2n) is 5.03. The monoisotopic (exact) mass is 286 g/mol. The summed E-state index contributed by atoms with van der Waals surface area (Å²) in [5.41, 5.74) is 3.50. The first-order chi connectivity index (χ1) is 9.84. The molecule has 0 saturated heterocycles. The van der Waals surface area contributed by atoms with Crippen molar-refractivity contribution in [3.63, 3.8) is 0 Å². The molecule has 0 spiro atoms. The maximum atomic E-state index is 12.4. The first-order valence-electron chi connectivity index (χ1n) is 6.96. The Morgan fingerprint density at radius 2 is 2.25 bits per heavy atom. The van der Waals surface area contributed by atoms with Crippen LogP contribution in [0.3, 0.4) is 0 Å². The van der Waals surface area contributed by atoms with Crippen LogP contribution in [0.25, 0.3) is 0 Å². The molecule has 1 atom stereocenters. The number of thiophene rings is 1. The van der Waals surface area contributed by atoms with E-state index in [-0.39, 0.29) is 11.8 Å². The van der Waals surface area contributed by atoms with Gasteiger partial charge in [0.05, 0.1) is 5.92 Å². The van der Waals surface area contributed by atoms with Gasteiger partial charge in [0.15, 0.2) is 0 Å². The average Bonchev–Trinajstić information content (AvgIpc) is 3.00. The van der Waals surface area contributed by atoms with Crippen molar-refractivity contribution >= 4 is 22.9 Å². The van der Waals surface area contributed by atoms with E-state index in [0.29, 0.717) is 6.54 Å². The summed E-state index contributed by atoms with van der Waals surface area (Å²) >= 11 is 1.70. The molecule has 0 bridgehead atoms. The Kier molecular flexibility index (Phi) is 4.02. The first kappa shape index (κ1) is 13.2. The van der Waals surface area contributed by atoms with Gasteiger partial charge in [-0.05, 0) is 46.9 Å². The maximum absolute atomic E-state index is 12.4. The summed E-state index contributed by atoms with van der Waals surface area (Å²) in [6.07, 6.45) is 1.77. The lowest BCUT2D eigenvalue weighted by atomic mass is 9.90.